The summed E-state index contributed by atoms with van der Waals surface area (Å²) in [5.41, 5.74) is 0. The number of fused-ring (bicyclic) bond motifs is 1. The maximum atomic E-state index is 13.4. The Balaban J connectivity index is 1.21. The molecule has 0 radical (unpaired) electrons. The van der Waals surface area contributed by atoms with Crippen LogP contribution in [0.5, 0.6) is 11.5 Å². The Kier molecular flexibility index (Phi) is 6.05. The van der Waals surface area contributed by atoms with Gasteiger partial charge in [0.15, 0.2) is 23.1 Å². The molecular formula is C20H26F2N2O5. The number of carbonyl (C=O) groups excluding carboxylic acids is 1. The Hall–Kier alpha value is -2.13. The summed E-state index contributed by atoms with van der Waals surface area (Å²) < 4.78 is 43.0. The van der Waals surface area contributed by atoms with Gasteiger partial charge in [-0.15, -0.1) is 0 Å². The van der Waals surface area contributed by atoms with Crippen molar-refractivity contribution in [3.63, 3.8) is 0 Å². The van der Waals surface area contributed by atoms with E-state index in [9.17, 15) is 18.7 Å². The number of hydrogen-bond donors (Lipinski definition) is 1. The van der Waals surface area contributed by atoms with Crippen molar-refractivity contribution < 1.29 is 32.9 Å². The summed E-state index contributed by atoms with van der Waals surface area (Å²) in [5.74, 6) is -0.897. The predicted molar refractivity (Wildman–Crippen MR) is 99.0 cm³/mol. The van der Waals surface area contributed by atoms with Crippen LogP contribution in [0.25, 0.3) is 0 Å². The molecule has 0 unspecified atom stereocenters. The Morgan fingerprint density at radius 1 is 1.07 bits per heavy atom. The summed E-state index contributed by atoms with van der Waals surface area (Å²) in [6.07, 6.45) is 2.34. The molecule has 1 N–H and O–H groups in total. The number of amides is 1. The van der Waals surface area contributed by atoms with E-state index in [2.05, 4.69) is 4.90 Å². The quantitative estimate of drug-likeness (QED) is 0.771. The largest absolute Gasteiger partial charge is 0.486 e. The van der Waals surface area contributed by atoms with Gasteiger partial charge in [0.1, 0.15) is 19.3 Å². The van der Waals surface area contributed by atoms with E-state index in [0.29, 0.717) is 25.6 Å². The fraction of sp³-hybridized carbons (Fsp3) is 0.650. The second-order valence-electron chi connectivity index (χ2n) is 7.90. The fourth-order valence-corrected chi connectivity index (χ4v) is 4.18. The minimum Gasteiger partial charge on any atom is -0.486 e. The first kappa shape index (κ1) is 20.2. The molecular weight excluding hydrogens is 386 g/mol. The van der Waals surface area contributed by atoms with Gasteiger partial charge in [0, 0.05) is 25.2 Å². The van der Waals surface area contributed by atoms with E-state index in [4.69, 9.17) is 14.2 Å². The number of carbonyl (C=O) groups is 1. The third kappa shape index (κ3) is 4.56. The average Bonchev–Trinajstić information content (AvgIpc) is 3.08. The molecule has 0 bridgehead atoms. The SMILES string of the molecule is O=C1OC[C@@H](CO)N1CCC1CCN(C[C@H]2COc3cc(F)c(F)cc3O2)CC1. The van der Waals surface area contributed by atoms with Crippen molar-refractivity contribution >= 4 is 6.09 Å². The smallest absolute Gasteiger partial charge is 0.410 e. The van der Waals surface area contributed by atoms with E-state index in [-0.39, 0.29) is 43.0 Å². The van der Waals surface area contributed by atoms with Crippen LogP contribution in [0.1, 0.15) is 19.3 Å². The number of ether oxygens (including phenoxy) is 3. The second kappa shape index (κ2) is 8.71. The van der Waals surface area contributed by atoms with Crippen molar-refractivity contribution in [2.24, 2.45) is 5.92 Å². The molecule has 2 saturated heterocycles. The van der Waals surface area contributed by atoms with Gasteiger partial charge in [-0.25, -0.2) is 13.6 Å². The van der Waals surface area contributed by atoms with Crippen LogP contribution in [0.2, 0.25) is 0 Å². The van der Waals surface area contributed by atoms with Crippen molar-refractivity contribution in [1.29, 1.82) is 0 Å². The number of benzene rings is 1. The summed E-state index contributed by atoms with van der Waals surface area (Å²) in [6.45, 7) is 3.57. The maximum Gasteiger partial charge on any atom is 0.410 e. The molecule has 1 aromatic rings. The summed E-state index contributed by atoms with van der Waals surface area (Å²) in [7, 11) is 0. The first-order valence-corrected chi connectivity index (χ1v) is 10.1. The lowest BCUT2D eigenvalue weighted by Crippen LogP contribution is -2.44. The fourth-order valence-electron chi connectivity index (χ4n) is 4.18. The number of nitrogens with zero attached hydrogens (tertiary/aromatic N) is 2. The molecule has 0 spiro atoms. The zero-order chi connectivity index (χ0) is 20.4. The molecule has 7 nitrogen and oxygen atoms in total. The van der Waals surface area contributed by atoms with Crippen molar-refractivity contribution in [1.82, 2.24) is 9.80 Å². The van der Waals surface area contributed by atoms with E-state index >= 15 is 0 Å². The van der Waals surface area contributed by atoms with E-state index < -0.39 is 11.6 Å². The molecule has 0 aromatic heterocycles. The monoisotopic (exact) mass is 412 g/mol. The van der Waals surface area contributed by atoms with Crippen LogP contribution >= 0.6 is 0 Å². The first-order chi connectivity index (χ1) is 14.0. The molecule has 3 heterocycles. The molecule has 160 valence electrons. The van der Waals surface area contributed by atoms with Gasteiger partial charge in [0.05, 0.1) is 12.6 Å². The Labute approximate surface area is 168 Å². The number of aliphatic hydroxyl groups is 1. The highest BCUT2D eigenvalue weighted by atomic mass is 19.2. The van der Waals surface area contributed by atoms with Crippen LogP contribution < -0.4 is 9.47 Å². The van der Waals surface area contributed by atoms with Crippen LogP contribution in [0.3, 0.4) is 0 Å². The second-order valence-corrected chi connectivity index (χ2v) is 7.90. The molecule has 0 saturated carbocycles. The highest BCUT2D eigenvalue weighted by Gasteiger charge is 2.33. The molecule has 29 heavy (non-hydrogen) atoms. The Bertz CT molecular complexity index is 742. The lowest BCUT2D eigenvalue weighted by molar-refractivity contribution is 0.0457. The van der Waals surface area contributed by atoms with Gasteiger partial charge in [-0.2, -0.15) is 0 Å². The van der Waals surface area contributed by atoms with Gasteiger partial charge < -0.3 is 19.3 Å². The predicted octanol–water partition coefficient (Wildman–Crippen LogP) is 2.02. The van der Waals surface area contributed by atoms with Crippen molar-refractivity contribution in [3.05, 3.63) is 23.8 Å². The van der Waals surface area contributed by atoms with E-state index in [1.54, 1.807) is 4.90 Å². The van der Waals surface area contributed by atoms with Crippen molar-refractivity contribution in [3.8, 4) is 11.5 Å². The van der Waals surface area contributed by atoms with Crippen LogP contribution in [0, 0.1) is 17.6 Å². The number of cyclic esters (lactones) is 1. The normalized spacial score (nSPS) is 25.3. The number of rotatable bonds is 6. The number of aliphatic hydroxyl groups excluding tert-OH is 1. The summed E-state index contributed by atoms with van der Waals surface area (Å²) in [6, 6.07) is 1.82. The molecule has 2 fully saturated rings. The van der Waals surface area contributed by atoms with Gasteiger partial charge in [-0.05, 0) is 38.3 Å². The summed E-state index contributed by atoms with van der Waals surface area (Å²) >= 11 is 0. The molecule has 9 heteroatoms. The van der Waals surface area contributed by atoms with Gasteiger partial charge in [-0.1, -0.05) is 0 Å². The number of halogens is 2. The topological polar surface area (TPSA) is 71.5 Å². The lowest BCUT2D eigenvalue weighted by atomic mass is 9.93. The van der Waals surface area contributed by atoms with Crippen LogP contribution in [-0.4, -0.2) is 79.1 Å². The lowest BCUT2D eigenvalue weighted by Gasteiger charge is -2.36. The number of hydrogen-bond acceptors (Lipinski definition) is 6. The van der Waals surface area contributed by atoms with E-state index in [1.165, 1.54) is 0 Å². The van der Waals surface area contributed by atoms with E-state index in [0.717, 1.165) is 44.5 Å². The van der Waals surface area contributed by atoms with Crippen molar-refractivity contribution in [2.75, 3.05) is 46.0 Å². The molecule has 2 atom stereocenters. The van der Waals surface area contributed by atoms with Crippen LogP contribution in [-0.2, 0) is 4.74 Å². The van der Waals surface area contributed by atoms with Crippen LogP contribution in [0.15, 0.2) is 12.1 Å². The van der Waals surface area contributed by atoms with Gasteiger partial charge in [-0.3, -0.25) is 9.80 Å². The maximum absolute atomic E-state index is 13.4. The molecule has 1 aromatic carbocycles. The standard InChI is InChI=1S/C20H26F2N2O5/c21-16-7-18-19(8-17(16)22)29-15(12-27-18)9-23-4-1-13(2-5-23)3-6-24-14(10-25)11-28-20(24)26/h7-8,13-15,25H,1-6,9-12H2/t14-,15+/m1/s1. The molecule has 1 amide bonds. The molecule has 3 aliphatic heterocycles. The van der Waals surface area contributed by atoms with Crippen LogP contribution in [0.4, 0.5) is 13.6 Å². The molecule has 4 rings (SSSR count). The zero-order valence-corrected chi connectivity index (χ0v) is 16.2. The third-order valence-corrected chi connectivity index (χ3v) is 5.94. The van der Waals surface area contributed by atoms with Gasteiger partial charge >= 0.3 is 6.09 Å². The van der Waals surface area contributed by atoms with Crippen molar-refractivity contribution in [2.45, 2.75) is 31.4 Å². The highest BCUT2D eigenvalue weighted by Crippen LogP contribution is 2.34. The minimum absolute atomic E-state index is 0.0761. The average molecular weight is 412 g/mol. The molecule has 3 aliphatic rings. The summed E-state index contributed by atoms with van der Waals surface area (Å²) in [5, 5.41) is 9.33. The first-order valence-electron chi connectivity index (χ1n) is 10.1. The highest BCUT2D eigenvalue weighted by molar-refractivity contribution is 5.70. The third-order valence-electron chi connectivity index (χ3n) is 5.94. The Morgan fingerprint density at radius 2 is 1.79 bits per heavy atom. The number of piperidine rings is 1. The van der Waals surface area contributed by atoms with E-state index in [1.807, 2.05) is 0 Å². The zero-order valence-electron chi connectivity index (χ0n) is 16.2. The Morgan fingerprint density at radius 3 is 2.52 bits per heavy atom. The molecule has 0 aliphatic carbocycles. The van der Waals surface area contributed by atoms with Gasteiger partial charge in [0.25, 0.3) is 0 Å². The summed E-state index contributed by atoms with van der Waals surface area (Å²) in [4.78, 5) is 15.6. The van der Waals surface area contributed by atoms with Gasteiger partial charge in [0.2, 0.25) is 0 Å². The minimum atomic E-state index is -0.945. The number of likely N-dealkylation sites (tertiary alicyclic amines) is 1.